The number of rotatable bonds is 3. The van der Waals surface area contributed by atoms with Crippen LogP contribution in [0.5, 0.6) is 0 Å². The van der Waals surface area contributed by atoms with Crippen LogP contribution in [0.1, 0.15) is 12.5 Å². The van der Waals surface area contributed by atoms with E-state index in [4.69, 9.17) is 11.6 Å². The molecule has 0 saturated heterocycles. The number of non-ortho nitro benzene ring substituents is 1. The number of nitrogens with one attached hydrogen (secondary N) is 1. The maximum absolute atomic E-state index is 10.8. The highest BCUT2D eigenvalue weighted by atomic mass is 35.5. The number of benzene rings is 1. The Morgan fingerprint density at radius 2 is 2.27 bits per heavy atom. The Kier molecular flexibility index (Phi) is 3.62. The molecular formula is C9H9ClN2O3. The van der Waals surface area contributed by atoms with Crippen molar-refractivity contribution in [3.63, 3.8) is 0 Å². The molecule has 0 aliphatic rings. The SMILES string of the molecule is CC(=O)Nc1ccc([N+](=O)[O-])cc1CCl. The van der Waals surface area contributed by atoms with E-state index in [1.165, 1.54) is 25.1 Å². The van der Waals surface area contributed by atoms with Gasteiger partial charge in [-0.3, -0.25) is 14.9 Å². The number of alkyl halides is 1. The largest absolute Gasteiger partial charge is 0.326 e. The molecule has 80 valence electrons. The van der Waals surface area contributed by atoms with Gasteiger partial charge in [0, 0.05) is 30.6 Å². The highest BCUT2D eigenvalue weighted by Crippen LogP contribution is 2.23. The Bertz CT molecular complexity index is 406. The van der Waals surface area contributed by atoms with Crippen molar-refractivity contribution in [2.24, 2.45) is 0 Å². The number of carbonyl (C=O) groups is 1. The predicted molar refractivity (Wildman–Crippen MR) is 57.0 cm³/mol. The molecule has 1 N–H and O–H groups in total. The highest BCUT2D eigenvalue weighted by Gasteiger charge is 2.10. The Morgan fingerprint density at radius 3 is 2.73 bits per heavy atom. The highest BCUT2D eigenvalue weighted by molar-refractivity contribution is 6.17. The van der Waals surface area contributed by atoms with E-state index in [0.717, 1.165) is 0 Å². The van der Waals surface area contributed by atoms with Gasteiger partial charge in [-0.05, 0) is 11.6 Å². The van der Waals surface area contributed by atoms with Crippen LogP contribution in [0.25, 0.3) is 0 Å². The third-order valence-electron chi connectivity index (χ3n) is 1.75. The van der Waals surface area contributed by atoms with Crippen LogP contribution in [0.15, 0.2) is 18.2 Å². The van der Waals surface area contributed by atoms with Gasteiger partial charge >= 0.3 is 0 Å². The summed E-state index contributed by atoms with van der Waals surface area (Å²) in [4.78, 5) is 20.8. The van der Waals surface area contributed by atoms with Gasteiger partial charge in [-0.15, -0.1) is 11.6 Å². The lowest BCUT2D eigenvalue weighted by Gasteiger charge is -2.06. The smallest absolute Gasteiger partial charge is 0.269 e. The number of amides is 1. The van der Waals surface area contributed by atoms with Gasteiger partial charge in [0.25, 0.3) is 5.69 Å². The average molecular weight is 229 g/mol. The first-order chi connectivity index (χ1) is 7.04. The van der Waals surface area contributed by atoms with Crippen molar-refractivity contribution < 1.29 is 9.72 Å². The molecule has 1 rings (SSSR count). The van der Waals surface area contributed by atoms with E-state index in [1.807, 2.05) is 0 Å². The first-order valence-corrected chi connectivity index (χ1v) is 4.69. The molecule has 6 heteroatoms. The quantitative estimate of drug-likeness (QED) is 0.490. The second-order valence-corrected chi connectivity index (χ2v) is 3.18. The van der Waals surface area contributed by atoms with E-state index in [-0.39, 0.29) is 17.5 Å². The fourth-order valence-corrected chi connectivity index (χ4v) is 1.34. The Labute approximate surface area is 91.2 Å². The summed E-state index contributed by atoms with van der Waals surface area (Å²) < 4.78 is 0. The van der Waals surface area contributed by atoms with Crippen molar-refractivity contribution >= 4 is 28.9 Å². The molecule has 0 radical (unpaired) electrons. The van der Waals surface area contributed by atoms with E-state index in [2.05, 4.69) is 5.32 Å². The van der Waals surface area contributed by atoms with Crippen LogP contribution >= 0.6 is 11.6 Å². The minimum atomic E-state index is -0.506. The fraction of sp³-hybridized carbons (Fsp3) is 0.222. The lowest BCUT2D eigenvalue weighted by Crippen LogP contribution is -2.07. The molecule has 0 saturated carbocycles. The molecule has 1 aromatic carbocycles. The zero-order valence-corrected chi connectivity index (χ0v) is 8.75. The van der Waals surface area contributed by atoms with Crippen LogP contribution in [0, 0.1) is 10.1 Å². The monoisotopic (exact) mass is 228 g/mol. The van der Waals surface area contributed by atoms with Gasteiger partial charge in [0.2, 0.25) is 5.91 Å². The number of hydrogen-bond donors (Lipinski definition) is 1. The minimum Gasteiger partial charge on any atom is -0.326 e. The summed E-state index contributed by atoms with van der Waals surface area (Å²) in [7, 11) is 0. The molecular weight excluding hydrogens is 220 g/mol. The van der Waals surface area contributed by atoms with Crippen LogP contribution in [0.2, 0.25) is 0 Å². The molecule has 0 atom stereocenters. The zero-order chi connectivity index (χ0) is 11.4. The standard InChI is InChI=1S/C9H9ClN2O3/c1-6(13)11-9-3-2-8(12(14)15)4-7(9)5-10/h2-4H,5H2,1H3,(H,11,13). The number of anilines is 1. The molecule has 1 amide bonds. The summed E-state index contributed by atoms with van der Waals surface area (Å²) in [5.74, 6) is -0.132. The molecule has 0 unspecified atom stereocenters. The summed E-state index contributed by atoms with van der Waals surface area (Å²) in [6.45, 7) is 1.36. The summed E-state index contributed by atoms with van der Waals surface area (Å²) in [5.41, 5.74) is 0.990. The predicted octanol–water partition coefficient (Wildman–Crippen LogP) is 2.29. The molecule has 15 heavy (non-hydrogen) atoms. The lowest BCUT2D eigenvalue weighted by atomic mass is 10.2. The molecule has 0 spiro atoms. The van der Waals surface area contributed by atoms with Gasteiger partial charge in [-0.2, -0.15) is 0 Å². The maximum atomic E-state index is 10.8. The van der Waals surface area contributed by atoms with E-state index in [0.29, 0.717) is 11.3 Å². The summed E-state index contributed by atoms with van der Waals surface area (Å²) in [5, 5.41) is 13.0. The van der Waals surface area contributed by atoms with Gasteiger partial charge in [0.1, 0.15) is 0 Å². The van der Waals surface area contributed by atoms with Crippen LogP contribution < -0.4 is 5.32 Å². The van der Waals surface area contributed by atoms with Crippen LogP contribution in [-0.2, 0) is 10.7 Å². The van der Waals surface area contributed by atoms with E-state index < -0.39 is 4.92 Å². The molecule has 0 heterocycles. The lowest BCUT2D eigenvalue weighted by molar-refractivity contribution is -0.384. The van der Waals surface area contributed by atoms with Crippen LogP contribution in [-0.4, -0.2) is 10.8 Å². The van der Waals surface area contributed by atoms with Crippen LogP contribution in [0.4, 0.5) is 11.4 Å². The summed E-state index contributed by atoms with van der Waals surface area (Å²) >= 11 is 5.62. The minimum absolute atomic E-state index is 0.0419. The number of nitrogens with zero attached hydrogens (tertiary/aromatic N) is 1. The third-order valence-corrected chi connectivity index (χ3v) is 2.04. The molecule has 1 aromatic rings. The van der Waals surface area contributed by atoms with E-state index >= 15 is 0 Å². The Balaban J connectivity index is 3.08. The fourth-order valence-electron chi connectivity index (χ4n) is 1.12. The average Bonchev–Trinajstić information content (AvgIpc) is 2.17. The molecule has 0 aliphatic carbocycles. The molecule has 0 bridgehead atoms. The van der Waals surface area contributed by atoms with Crippen molar-refractivity contribution in [2.45, 2.75) is 12.8 Å². The Morgan fingerprint density at radius 1 is 1.60 bits per heavy atom. The molecule has 0 aliphatic heterocycles. The van der Waals surface area contributed by atoms with Crippen molar-refractivity contribution in [2.75, 3.05) is 5.32 Å². The normalized spacial score (nSPS) is 9.73. The first-order valence-electron chi connectivity index (χ1n) is 4.15. The maximum Gasteiger partial charge on any atom is 0.269 e. The summed E-state index contributed by atoms with van der Waals surface area (Å²) in [6, 6.07) is 4.14. The second kappa shape index (κ2) is 4.75. The zero-order valence-electron chi connectivity index (χ0n) is 7.99. The van der Waals surface area contributed by atoms with Crippen molar-refractivity contribution in [1.82, 2.24) is 0 Å². The van der Waals surface area contributed by atoms with Gasteiger partial charge in [0.05, 0.1) is 4.92 Å². The molecule has 5 nitrogen and oxygen atoms in total. The van der Waals surface area contributed by atoms with Crippen molar-refractivity contribution in [3.05, 3.63) is 33.9 Å². The van der Waals surface area contributed by atoms with Gasteiger partial charge < -0.3 is 5.32 Å². The van der Waals surface area contributed by atoms with Gasteiger partial charge in [0.15, 0.2) is 0 Å². The molecule has 0 fully saturated rings. The number of nitro benzene ring substituents is 1. The van der Waals surface area contributed by atoms with E-state index in [1.54, 1.807) is 0 Å². The third kappa shape index (κ3) is 2.92. The van der Waals surface area contributed by atoms with Crippen LogP contribution in [0.3, 0.4) is 0 Å². The van der Waals surface area contributed by atoms with Gasteiger partial charge in [-0.1, -0.05) is 0 Å². The first kappa shape index (κ1) is 11.5. The number of carbonyl (C=O) groups excluding carboxylic acids is 1. The topological polar surface area (TPSA) is 72.2 Å². The second-order valence-electron chi connectivity index (χ2n) is 2.91. The van der Waals surface area contributed by atoms with E-state index in [9.17, 15) is 14.9 Å². The van der Waals surface area contributed by atoms with Crippen molar-refractivity contribution in [3.8, 4) is 0 Å². The number of nitro groups is 1. The molecule has 0 aromatic heterocycles. The Hall–Kier alpha value is -1.62. The number of hydrogen-bond acceptors (Lipinski definition) is 3. The van der Waals surface area contributed by atoms with Gasteiger partial charge in [-0.25, -0.2) is 0 Å². The summed E-state index contributed by atoms with van der Waals surface area (Å²) in [6.07, 6.45) is 0. The van der Waals surface area contributed by atoms with Crippen molar-refractivity contribution in [1.29, 1.82) is 0 Å². The number of halogens is 1.